The van der Waals surface area contributed by atoms with Crippen LogP contribution in [0.15, 0.2) is 29.4 Å². The molecule has 0 spiro atoms. The molecule has 1 saturated carbocycles. The fourth-order valence-electron chi connectivity index (χ4n) is 1.94. The van der Waals surface area contributed by atoms with Gasteiger partial charge in [0.2, 0.25) is 10.0 Å². The van der Waals surface area contributed by atoms with Gasteiger partial charge in [-0.1, -0.05) is 0 Å². The molecule has 0 unspecified atom stereocenters. The molecular formula is C11H15ClN2O2S. The molecule has 1 aromatic rings. The Labute approximate surface area is 107 Å². The minimum absolute atomic E-state index is 0.217. The second-order valence-electron chi connectivity index (χ2n) is 4.41. The average Bonchev–Trinajstić information content (AvgIpc) is 2.28. The summed E-state index contributed by atoms with van der Waals surface area (Å²) in [5, 5.41) is 0.217. The summed E-state index contributed by atoms with van der Waals surface area (Å²) in [5.74, 6) is 0.383. The predicted molar refractivity (Wildman–Crippen MR) is 66.4 cm³/mol. The van der Waals surface area contributed by atoms with Crippen LogP contribution in [0.4, 0.5) is 0 Å². The maximum absolute atomic E-state index is 12.1. The van der Waals surface area contributed by atoms with Crippen LogP contribution in [0.25, 0.3) is 0 Å². The van der Waals surface area contributed by atoms with Crippen molar-refractivity contribution in [1.29, 1.82) is 0 Å². The SMILES string of the molecule is CN(CC1CC(Cl)C1)S(=O)(=O)c1cccnc1. The van der Waals surface area contributed by atoms with Crippen LogP contribution in [0.3, 0.4) is 0 Å². The molecule has 4 nitrogen and oxygen atoms in total. The molecular weight excluding hydrogens is 260 g/mol. The van der Waals surface area contributed by atoms with E-state index in [0.29, 0.717) is 12.5 Å². The van der Waals surface area contributed by atoms with Crippen molar-refractivity contribution in [2.75, 3.05) is 13.6 Å². The van der Waals surface area contributed by atoms with E-state index in [1.165, 1.54) is 10.5 Å². The zero-order valence-electron chi connectivity index (χ0n) is 9.58. The first-order chi connectivity index (χ1) is 8.00. The summed E-state index contributed by atoms with van der Waals surface area (Å²) in [6.45, 7) is 0.528. The van der Waals surface area contributed by atoms with Gasteiger partial charge in [-0.2, -0.15) is 0 Å². The molecule has 94 valence electrons. The van der Waals surface area contributed by atoms with E-state index in [4.69, 9.17) is 11.6 Å². The van der Waals surface area contributed by atoms with Crippen molar-refractivity contribution in [1.82, 2.24) is 9.29 Å². The first-order valence-corrected chi connectivity index (χ1v) is 7.38. The van der Waals surface area contributed by atoms with E-state index in [1.54, 1.807) is 25.4 Å². The summed E-state index contributed by atoms with van der Waals surface area (Å²) in [7, 11) is -1.80. The highest BCUT2D eigenvalue weighted by atomic mass is 35.5. The molecule has 1 aliphatic carbocycles. The maximum Gasteiger partial charge on any atom is 0.244 e. The molecule has 0 saturated heterocycles. The highest BCUT2D eigenvalue weighted by Gasteiger charge is 2.31. The fraction of sp³-hybridized carbons (Fsp3) is 0.545. The standard InChI is InChI=1S/C11H15ClN2O2S/c1-14(8-9-5-10(12)6-9)17(15,16)11-3-2-4-13-7-11/h2-4,7,9-10H,5-6,8H2,1H3. The van der Waals surface area contributed by atoms with Gasteiger partial charge in [0.15, 0.2) is 0 Å². The van der Waals surface area contributed by atoms with Crippen LogP contribution >= 0.6 is 11.6 Å². The van der Waals surface area contributed by atoms with Crippen LogP contribution in [0.2, 0.25) is 0 Å². The van der Waals surface area contributed by atoms with Crippen molar-refractivity contribution in [3.8, 4) is 0 Å². The number of nitrogens with zero attached hydrogens (tertiary/aromatic N) is 2. The lowest BCUT2D eigenvalue weighted by Gasteiger charge is -2.33. The Hall–Kier alpha value is -0.650. The van der Waals surface area contributed by atoms with Crippen LogP contribution in [0.1, 0.15) is 12.8 Å². The molecule has 0 N–H and O–H groups in total. The Kier molecular flexibility index (Phi) is 3.70. The van der Waals surface area contributed by atoms with Gasteiger partial charge < -0.3 is 0 Å². The van der Waals surface area contributed by atoms with Crippen LogP contribution in [-0.4, -0.2) is 36.7 Å². The highest BCUT2D eigenvalue weighted by Crippen LogP contribution is 2.33. The minimum atomic E-state index is -3.40. The van der Waals surface area contributed by atoms with Crippen molar-refractivity contribution in [2.24, 2.45) is 5.92 Å². The average molecular weight is 275 g/mol. The smallest absolute Gasteiger partial charge is 0.244 e. The third kappa shape index (κ3) is 2.78. The zero-order chi connectivity index (χ0) is 12.5. The number of hydrogen-bond donors (Lipinski definition) is 0. The molecule has 0 radical (unpaired) electrons. The first-order valence-electron chi connectivity index (χ1n) is 5.50. The number of rotatable bonds is 4. The van der Waals surface area contributed by atoms with Gasteiger partial charge in [0, 0.05) is 31.4 Å². The van der Waals surface area contributed by atoms with Crippen LogP contribution in [-0.2, 0) is 10.0 Å². The molecule has 0 atom stereocenters. The van der Waals surface area contributed by atoms with Gasteiger partial charge in [-0.3, -0.25) is 4.98 Å². The molecule has 1 heterocycles. The van der Waals surface area contributed by atoms with Crippen molar-refractivity contribution < 1.29 is 8.42 Å². The quantitative estimate of drug-likeness (QED) is 0.786. The van der Waals surface area contributed by atoms with E-state index < -0.39 is 10.0 Å². The summed E-state index contributed by atoms with van der Waals surface area (Å²) in [4.78, 5) is 4.07. The second-order valence-corrected chi connectivity index (χ2v) is 7.07. The summed E-state index contributed by atoms with van der Waals surface area (Å²) in [5.41, 5.74) is 0. The van der Waals surface area contributed by atoms with Gasteiger partial charge in [-0.25, -0.2) is 12.7 Å². The lowest BCUT2D eigenvalue weighted by molar-refractivity contribution is 0.268. The molecule has 0 aliphatic heterocycles. The number of aromatic nitrogens is 1. The fourth-order valence-corrected chi connectivity index (χ4v) is 3.66. The first kappa shape index (κ1) is 12.8. The lowest BCUT2D eigenvalue weighted by Crippen LogP contribution is -2.37. The summed E-state index contributed by atoms with van der Waals surface area (Å²) >= 11 is 5.88. The number of hydrogen-bond acceptors (Lipinski definition) is 3. The topological polar surface area (TPSA) is 50.3 Å². The Bertz CT molecular complexity index is 472. The van der Waals surface area contributed by atoms with E-state index in [-0.39, 0.29) is 10.3 Å². The van der Waals surface area contributed by atoms with Gasteiger partial charge in [0.1, 0.15) is 4.90 Å². The summed E-state index contributed by atoms with van der Waals surface area (Å²) in [6, 6.07) is 3.18. The van der Waals surface area contributed by atoms with Crippen molar-refractivity contribution in [2.45, 2.75) is 23.1 Å². The normalized spacial score (nSPS) is 24.6. The molecule has 2 rings (SSSR count). The van der Waals surface area contributed by atoms with Crippen LogP contribution in [0.5, 0.6) is 0 Å². The largest absolute Gasteiger partial charge is 0.263 e. The second kappa shape index (κ2) is 4.92. The van der Waals surface area contributed by atoms with Crippen molar-refractivity contribution >= 4 is 21.6 Å². The van der Waals surface area contributed by atoms with E-state index in [9.17, 15) is 8.42 Å². The van der Waals surface area contributed by atoms with Gasteiger partial charge in [0.05, 0.1) is 0 Å². The molecule has 1 aliphatic rings. The van der Waals surface area contributed by atoms with E-state index in [1.807, 2.05) is 0 Å². The monoisotopic (exact) mass is 274 g/mol. The number of sulfonamides is 1. The Morgan fingerprint density at radius 2 is 2.24 bits per heavy atom. The van der Waals surface area contributed by atoms with E-state index in [0.717, 1.165) is 12.8 Å². The third-order valence-corrected chi connectivity index (χ3v) is 5.20. The van der Waals surface area contributed by atoms with Gasteiger partial charge in [0.25, 0.3) is 0 Å². The maximum atomic E-state index is 12.1. The molecule has 0 aromatic carbocycles. The summed E-state index contributed by atoms with van der Waals surface area (Å²) < 4.78 is 25.7. The number of pyridine rings is 1. The lowest BCUT2D eigenvalue weighted by atomic mass is 9.85. The van der Waals surface area contributed by atoms with Gasteiger partial charge >= 0.3 is 0 Å². The third-order valence-electron chi connectivity index (χ3n) is 3.04. The minimum Gasteiger partial charge on any atom is -0.263 e. The van der Waals surface area contributed by atoms with E-state index >= 15 is 0 Å². The summed E-state index contributed by atoms with van der Waals surface area (Å²) in [6.07, 6.45) is 4.73. The molecule has 6 heteroatoms. The molecule has 0 bridgehead atoms. The Morgan fingerprint density at radius 1 is 1.53 bits per heavy atom. The number of halogens is 1. The van der Waals surface area contributed by atoms with Gasteiger partial charge in [-0.15, -0.1) is 11.6 Å². The van der Waals surface area contributed by atoms with Crippen molar-refractivity contribution in [3.05, 3.63) is 24.5 Å². The van der Waals surface area contributed by atoms with Crippen LogP contribution < -0.4 is 0 Å². The van der Waals surface area contributed by atoms with Crippen LogP contribution in [0, 0.1) is 5.92 Å². The Morgan fingerprint density at radius 3 is 2.76 bits per heavy atom. The van der Waals surface area contributed by atoms with Crippen molar-refractivity contribution in [3.63, 3.8) is 0 Å². The molecule has 1 fully saturated rings. The molecule has 1 aromatic heterocycles. The predicted octanol–water partition coefficient (Wildman–Crippen LogP) is 1.72. The molecule has 17 heavy (non-hydrogen) atoms. The zero-order valence-corrected chi connectivity index (χ0v) is 11.2. The molecule has 0 amide bonds. The highest BCUT2D eigenvalue weighted by molar-refractivity contribution is 7.89. The van der Waals surface area contributed by atoms with Gasteiger partial charge in [-0.05, 0) is 30.9 Å². The number of alkyl halides is 1. The Balaban J connectivity index is 2.05. The van der Waals surface area contributed by atoms with E-state index in [2.05, 4.69) is 4.98 Å².